The van der Waals surface area contributed by atoms with Gasteiger partial charge in [0.05, 0.1) is 10.6 Å². The van der Waals surface area contributed by atoms with Gasteiger partial charge in [-0.2, -0.15) is 0 Å². The Morgan fingerprint density at radius 2 is 2.20 bits per heavy atom. The summed E-state index contributed by atoms with van der Waals surface area (Å²) in [6.45, 7) is 1.04. The number of nitrogens with one attached hydrogen (secondary N) is 1. The number of hydrogen-bond donors (Lipinski definition) is 2. The van der Waals surface area contributed by atoms with Gasteiger partial charge >= 0.3 is 0 Å². The summed E-state index contributed by atoms with van der Waals surface area (Å²) in [5.41, 5.74) is 7.34. The standard InChI is InChI=1S/C16H22ClN3/c1-20(9-12-8-10-5-6-11(12)7-10)14-4-2-3-13(17)15(14)16(18)19/h2-4,10-12H,5-9H2,1H3,(H3,18,19). The van der Waals surface area contributed by atoms with Crippen molar-refractivity contribution in [2.75, 3.05) is 18.5 Å². The van der Waals surface area contributed by atoms with Gasteiger partial charge in [0.25, 0.3) is 0 Å². The van der Waals surface area contributed by atoms with Crippen LogP contribution in [0, 0.1) is 23.2 Å². The largest absolute Gasteiger partial charge is 0.384 e. The van der Waals surface area contributed by atoms with Crippen LogP contribution in [-0.2, 0) is 0 Å². The quantitative estimate of drug-likeness (QED) is 0.659. The molecule has 0 radical (unpaired) electrons. The van der Waals surface area contributed by atoms with Crippen molar-refractivity contribution in [2.45, 2.75) is 25.7 Å². The first-order valence-corrected chi connectivity index (χ1v) is 7.78. The predicted octanol–water partition coefficient (Wildman–Crippen LogP) is 3.50. The molecule has 3 unspecified atom stereocenters. The van der Waals surface area contributed by atoms with E-state index in [-0.39, 0.29) is 5.84 Å². The van der Waals surface area contributed by atoms with Gasteiger partial charge in [0.2, 0.25) is 0 Å². The van der Waals surface area contributed by atoms with Gasteiger partial charge in [-0.1, -0.05) is 24.1 Å². The lowest BCUT2D eigenvalue weighted by atomic mass is 9.88. The second-order valence-corrected chi connectivity index (χ2v) is 6.77. The fraction of sp³-hybridized carbons (Fsp3) is 0.562. The number of benzene rings is 1. The molecule has 2 aliphatic carbocycles. The Hall–Kier alpha value is -1.22. The van der Waals surface area contributed by atoms with Crippen molar-refractivity contribution in [3.63, 3.8) is 0 Å². The van der Waals surface area contributed by atoms with Crippen molar-refractivity contribution in [1.82, 2.24) is 0 Å². The number of nitrogens with two attached hydrogens (primary N) is 1. The SMILES string of the molecule is CN(CC1CC2CCC1C2)c1cccc(Cl)c1C(=N)N. The molecule has 2 bridgehead atoms. The molecule has 0 amide bonds. The van der Waals surface area contributed by atoms with Crippen LogP contribution in [0.1, 0.15) is 31.2 Å². The maximum Gasteiger partial charge on any atom is 0.126 e. The number of nitrogens with zero attached hydrogens (tertiary/aromatic N) is 1. The second-order valence-electron chi connectivity index (χ2n) is 6.36. The third kappa shape index (κ3) is 2.39. The third-order valence-corrected chi connectivity index (χ3v) is 5.38. The molecule has 0 spiro atoms. The van der Waals surface area contributed by atoms with Crippen LogP contribution in [0.5, 0.6) is 0 Å². The maximum atomic E-state index is 7.74. The van der Waals surface area contributed by atoms with Crippen molar-refractivity contribution in [2.24, 2.45) is 23.5 Å². The van der Waals surface area contributed by atoms with E-state index >= 15 is 0 Å². The van der Waals surface area contributed by atoms with E-state index in [0.717, 1.165) is 30.0 Å². The average Bonchev–Trinajstić information content (AvgIpc) is 3.00. The molecule has 3 N–H and O–H groups in total. The highest BCUT2D eigenvalue weighted by atomic mass is 35.5. The molecule has 0 aromatic heterocycles. The lowest BCUT2D eigenvalue weighted by Gasteiger charge is -2.30. The average molecular weight is 292 g/mol. The van der Waals surface area contributed by atoms with Crippen molar-refractivity contribution in [3.05, 3.63) is 28.8 Å². The first-order valence-electron chi connectivity index (χ1n) is 7.40. The van der Waals surface area contributed by atoms with Crippen LogP contribution in [0.3, 0.4) is 0 Å². The van der Waals surface area contributed by atoms with Crippen LogP contribution >= 0.6 is 11.6 Å². The molecule has 20 heavy (non-hydrogen) atoms. The van der Waals surface area contributed by atoms with E-state index < -0.39 is 0 Å². The molecule has 1 aromatic rings. The molecule has 2 fully saturated rings. The minimum atomic E-state index is 0.0467. The van der Waals surface area contributed by atoms with Crippen LogP contribution in [0.15, 0.2) is 18.2 Å². The summed E-state index contributed by atoms with van der Waals surface area (Å²) in [6.07, 6.45) is 5.62. The van der Waals surface area contributed by atoms with Gasteiger partial charge in [-0.25, -0.2) is 0 Å². The summed E-state index contributed by atoms with van der Waals surface area (Å²) in [5, 5.41) is 8.31. The zero-order chi connectivity index (χ0) is 14.3. The number of anilines is 1. The maximum absolute atomic E-state index is 7.74. The summed E-state index contributed by atoms with van der Waals surface area (Å²) in [7, 11) is 2.09. The first-order chi connectivity index (χ1) is 9.56. The molecule has 0 aliphatic heterocycles. The van der Waals surface area contributed by atoms with Crippen LogP contribution < -0.4 is 10.6 Å². The van der Waals surface area contributed by atoms with Crippen LogP contribution in [0.2, 0.25) is 5.02 Å². The van der Waals surface area contributed by atoms with Gasteiger partial charge in [0.15, 0.2) is 0 Å². The van der Waals surface area contributed by atoms with E-state index in [4.69, 9.17) is 22.7 Å². The minimum Gasteiger partial charge on any atom is -0.384 e. The number of nitrogen functional groups attached to an aromatic ring is 1. The number of halogens is 1. The summed E-state index contributed by atoms with van der Waals surface area (Å²) in [4.78, 5) is 2.23. The summed E-state index contributed by atoms with van der Waals surface area (Å²) < 4.78 is 0. The van der Waals surface area contributed by atoms with E-state index in [2.05, 4.69) is 11.9 Å². The van der Waals surface area contributed by atoms with Crippen molar-refractivity contribution in [3.8, 4) is 0 Å². The summed E-state index contributed by atoms with van der Waals surface area (Å²) >= 11 is 6.20. The fourth-order valence-corrected chi connectivity index (χ4v) is 4.42. The van der Waals surface area contributed by atoms with Crippen molar-refractivity contribution < 1.29 is 0 Å². The van der Waals surface area contributed by atoms with E-state index in [1.165, 1.54) is 25.7 Å². The zero-order valence-corrected chi connectivity index (χ0v) is 12.7. The Morgan fingerprint density at radius 1 is 1.40 bits per heavy atom. The van der Waals surface area contributed by atoms with E-state index in [9.17, 15) is 0 Å². The van der Waals surface area contributed by atoms with Gasteiger partial charge in [0, 0.05) is 19.3 Å². The Labute approximate surface area is 125 Å². The summed E-state index contributed by atoms with van der Waals surface area (Å²) in [6, 6.07) is 5.74. The van der Waals surface area contributed by atoms with Gasteiger partial charge in [0.1, 0.15) is 5.84 Å². The summed E-state index contributed by atoms with van der Waals surface area (Å²) in [5.74, 6) is 2.70. The normalized spacial score (nSPS) is 27.8. The number of hydrogen-bond acceptors (Lipinski definition) is 2. The predicted molar refractivity (Wildman–Crippen MR) is 84.7 cm³/mol. The molecule has 3 atom stereocenters. The second kappa shape index (κ2) is 5.28. The minimum absolute atomic E-state index is 0.0467. The Kier molecular flexibility index (Phi) is 3.63. The van der Waals surface area contributed by atoms with E-state index in [1.807, 2.05) is 12.1 Å². The van der Waals surface area contributed by atoms with Gasteiger partial charge in [-0.3, -0.25) is 5.41 Å². The molecule has 4 heteroatoms. The monoisotopic (exact) mass is 291 g/mol. The van der Waals surface area contributed by atoms with Crippen LogP contribution in [0.4, 0.5) is 5.69 Å². The molecule has 1 aromatic carbocycles. The van der Waals surface area contributed by atoms with Gasteiger partial charge in [-0.15, -0.1) is 0 Å². The molecule has 3 rings (SSSR count). The molecular weight excluding hydrogens is 270 g/mol. The number of amidine groups is 1. The molecule has 108 valence electrons. The third-order valence-electron chi connectivity index (χ3n) is 5.07. The Morgan fingerprint density at radius 3 is 2.80 bits per heavy atom. The Balaban J connectivity index is 1.79. The number of rotatable bonds is 4. The highest BCUT2D eigenvalue weighted by Gasteiger charge is 2.39. The Bertz CT molecular complexity index is 528. The molecule has 2 aliphatic rings. The van der Waals surface area contributed by atoms with E-state index in [0.29, 0.717) is 10.6 Å². The molecule has 3 nitrogen and oxygen atoms in total. The van der Waals surface area contributed by atoms with E-state index in [1.54, 1.807) is 6.07 Å². The number of fused-ring (bicyclic) bond motifs is 2. The zero-order valence-electron chi connectivity index (χ0n) is 11.9. The molecular formula is C16H22ClN3. The van der Waals surface area contributed by atoms with Crippen molar-refractivity contribution >= 4 is 23.1 Å². The lowest BCUT2D eigenvalue weighted by Crippen LogP contribution is -2.30. The van der Waals surface area contributed by atoms with Crippen LogP contribution in [0.25, 0.3) is 0 Å². The topological polar surface area (TPSA) is 53.1 Å². The van der Waals surface area contributed by atoms with Gasteiger partial charge in [-0.05, 0) is 49.1 Å². The smallest absolute Gasteiger partial charge is 0.126 e. The molecule has 0 saturated heterocycles. The molecule has 2 saturated carbocycles. The van der Waals surface area contributed by atoms with Gasteiger partial charge < -0.3 is 10.6 Å². The lowest BCUT2D eigenvalue weighted by molar-refractivity contribution is 0.337. The highest BCUT2D eigenvalue weighted by Crippen LogP contribution is 2.48. The first kappa shape index (κ1) is 13.7. The fourth-order valence-electron chi connectivity index (χ4n) is 4.15. The van der Waals surface area contributed by atoms with Crippen molar-refractivity contribution in [1.29, 1.82) is 5.41 Å². The highest BCUT2D eigenvalue weighted by molar-refractivity contribution is 6.34. The molecule has 0 heterocycles. The van der Waals surface area contributed by atoms with Crippen LogP contribution in [-0.4, -0.2) is 19.4 Å².